The van der Waals surface area contributed by atoms with E-state index in [1.807, 2.05) is 54.6 Å². The summed E-state index contributed by atoms with van der Waals surface area (Å²) in [4.78, 5) is 6.79. The van der Waals surface area contributed by atoms with Gasteiger partial charge in [0.1, 0.15) is 12.4 Å². The molecule has 0 atom stereocenters. The zero-order chi connectivity index (χ0) is 17.5. The summed E-state index contributed by atoms with van der Waals surface area (Å²) in [5.74, 6) is 1.95. The molecule has 1 aromatic heterocycles. The van der Waals surface area contributed by atoms with E-state index in [1.54, 1.807) is 0 Å². The first-order valence-electron chi connectivity index (χ1n) is 8.65. The molecule has 0 radical (unpaired) electrons. The van der Waals surface area contributed by atoms with Crippen molar-refractivity contribution in [3.8, 4) is 28.6 Å². The van der Waals surface area contributed by atoms with E-state index in [2.05, 4.69) is 28.9 Å². The molecule has 0 N–H and O–H groups in total. The lowest BCUT2D eigenvalue weighted by Crippen LogP contribution is -2.27. The van der Waals surface area contributed by atoms with Crippen LogP contribution in [-0.2, 0) is 0 Å². The second-order valence-corrected chi connectivity index (χ2v) is 5.69. The molecule has 0 spiro atoms. The molecule has 130 valence electrons. The first-order chi connectivity index (χ1) is 12.3. The molecule has 0 aliphatic rings. The van der Waals surface area contributed by atoms with Crippen LogP contribution in [0.4, 0.5) is 0 Å². The van der Waals surface area contributed by atoms with Crippen molar-refractivity contribution in [3.05, 3.63) is 54.6 Å². The van der Waals surface area contributed by atoms with Gasteiger partial charge in [0, 0.05) is 17.7 Å². The maximum absolute atomic E-state index is 5.80. The van der Waals surface area contributed by atoms with Crippen LogP contribution in [0.1, 0.15) is 13.8 Å². The van der Waals surface area contributed by atoms with E-state index in [4.69, 9.17) is 9.26 Å². The second kappa shape index (κ2) is 8.44. The van der Waals surface area contributed by atoms with Crippen molar-refractivity contribution >= 4 is 0 Å². The van der Waals surface area contributed by atoms with E-state index in [9.17, 15) is 0 Å². The highest BCUT2D eigenvalue weighted by Crippen LogP contribution is 2.23. The van der Waals surface area contributed by atoms with Crippen molar-refractivity contribution in [1.82, 2.24) is 15.0 Å². The Labute approximate surface area is 148 Å². The summed E-state index contributed by atoms with van der Waals surface area (Å²) in [5, 5.41) is 4.07. The Morgan fingerprint density at radius 2 is 1.64 bits per heavy atom. The number of hydrogen-bond acceptors (Lipinski definition) is 5. The molecule has 1 heterocycles. The molecule has 2 aromatic carbocycles. The summed E-state index contributed by atoms with van der Waals surface area (Å²) in [6.07, 6.45) is 0. The fourth-order valence-electron chi connectivity index (χ4n) is 2.57. The minimum atomic E-state index is 0.523. The first kappa shape index (κ1) is 17.2. The summed E-state index contributed by atoms with van der Waals surface area (Å²) >= 11 is 0. The van der Waals surface area contributed by atoms with E-state index in [0.29, 0.717) is 18.3 Å². The maximum atomic E-state index is 5.80. The Hall–Kier alpha value is -2.66. The van der Waals surface area contributed by atoms with Crippen molar-refractivity contribution in [3.63, 3.8) is 0 Å². The number of nitrogens with zero attached hydrogens (tertiary/aromatic N) is 3. The van der Waals surface area contributed by atoms with Gasteiger partial charge in [0.05, 0.1) is 0 Å². The van der Waals surface area contributed by atoms with Crippen LogP contribution < -0.4 is 4.74 Å². The number of aromatic nitrogens is 2. The van der Waals surface area contributed by atoms with Gasteiger partial charge in [-0.2, -0.15) is 4.98 Å². The number of ether oxygens (including phenoxy) is 1. The fraction of sp³-hybridized carbons (Fsp3) is 0.300. The average molecular weight is 337 g/mol. The van der Waals surface area contributed by atoms with Crippen molar-refractivity contribution in [2.24, 2.45) is 0 Å². The molecule has 0 saturated carbocycles. The van der Waals surface area contributed by atoms with Gasteiger partial charge < -0.3 is 14.2 Å². The summed E-state index contributed by atoms with van der Waals surface area (Å²) in [7, 11) is 0. The van der Waals surface area contributed by atoms with Crippen molar-refractivity contribution in [1.29, 1.82) is 0 Å². The maximum Gasteiger partial charge on any atom is 0.258 e. The molecule has 3 rings (SSSR count). The zero-order valence-corrected chi connectivity index (χ0v) is 14.7. The van der Waals surface area contributed by atoms with Gasteiger partial charge in [-0.15, -0.1) is 0 Å². The van der Waals surface area contributed by atoms with Crippen LogP contribution in [0.5, 0.6) is 5.75 Å². The highest BCUT2D eigenvalue weighted by Gasteiger charge is 2.10. The summed E-state index contributed by atoms with van der Waals surface area (Å²) in [6.45, 7) is 8.02. The molecular weight excluding hydrogens is 314 g/mol. The monoisotopic (exact) mass is 337 g/mol. The fourth-order valence-corrected chi connectivity index (χ4v) is 2.57. The highest BCUT2D eigenvalue weighted by molar-refractivity contribution is 5.60. The predicted molar refractivity (Wildman–Crippen MR) is 98.5 cm³/mol. The van der Waals surface area contributed by atoms with E-state index < -0.39 is 0 Å². The lowest BCUT2D eigenvalue weighted by Gasteiger charge is -2.17. The molecule has 0 saturated heterocycles. The van der Waals surface area contributed by atoms with Gasteiger partial charge >= 0.3 is 0 Å². The Bertz CT molecular complexity index is 765. The zero-order valence-electron chi connectivity index (χ0n) is 14.7. The molecule has 0 aliphatic heterocycles. The van der Waals surface area contributed by atoms with E-state index in [0.717, 1.165) is 36.5 Å². The van der Waals surface area contributed by atoms with Crippen LogP contribution in [0.2, 0.25) is 0 Å². The summed E-state index contributed by atoms with van der Waals surface area (Å²) in [6, 6.07) is 17.5. The van der Waals surface area contributed by atoms with Gasteiger partial charge in [-0.1, -0.05) is 37.2 Å². The molecule has 5 nitrogen and oxygen atoms in total. The van der Waals surface area contributed by atoms with Gasteiger partial charge in [-0.05, 0) is 49.5 Å². The molecule has 25 heavy (non-hydrogen) atoms. The largest absolute Gasteiger partial charge is 0.492 e. The van der Waals surface area contributed by atoms with Crippen LogP contribution in [0, 0.1) is 0 Å². The SMILES string of the molecule is CCN(CC)CCOc1ccc(-c2noc(-c3ccccc3)n2)cc1. The van der Waals surface area contributed by atoms with Crippen LogP contribution in [-0.4, -0.2) is 41.3 Å². The second-order valence-electron chi connectivity index (χ2n) is 5.69. The van der Waals surface area contributed by atoms with Gasteiger partial charge in [-0.3, -0.25) is 0 Å². The third kappa shape index (κ3) is 4.45. The van der Waals surface area contributed by atoms with E-state index >= 15 is 0 Å². The third-order valence-corrected chi connectivity index (χ3v) is 4.13. The van der Waals surface area contributed by atoms with Crippen LogP contribution in [0.15, 0.2) is 59.1 Å². The molecule has 0 aliphatic carbocycles. The van der Waals surface area contributed by atoms with Crippen LogP contribution >= 0.6 is 0 Å². The topological polar surface area (TPSA) is 51.4 Å². The van der Waals surface area contributed by atoms with Crippen molar-refractivity contribution in [2.45, 2.75) is 13.8 Å². The highest BCUT2D eigenvalue weighted by atomic mass is 16.5. The van der Waals surface area contributed by atoms with Crippen molar-refractivity contribution < 1.29 is 9.26 Å². The molecular formula is C20H23N3O2. The Morgan fingerprint density at radius 1 is 0.920 bits per heavy atom. The lowest BCUT2D eigenvalue weighted by molar-refractivity contribution is 0.223. The Morgan fingerprint density at radius 3 is 2.32 bits per heavy atom. The predicted octanol–water partition coefficient (Wildman–Crippen LogP) is 4.12. The lowest BCUT2D eigenvalue weighted by atomic mass is 10.2. The minimum absolute atomic E-state index is 0.523. The molecule has 0 unspecified atom stereocenters. The average Bonchev–Trinajstić information content (AvgIpc) is 3.17. The summed E-state index contributed by atoms with van der Waals surface area (Å²) < 4.78 is 11.2. The number of likely N-dealkylation sites (N-methyl/N-ethyl adjacent to an activating group) is 1. The third-order valence-electron chi connectivity index (χ3n) is 4.13. The molecule has 3 aromatic rings. The van der Waals surface area contributed by atoms with Crippen LogP contribution in [0.3, 0.4) is 0 Å². The molecule has 5 heteroatoms. The minimum Gasteiger partial charge on any atom is -0.492 e. The van der Waals surface area contributed by atoms with Gasteiger partial charge in [0.25, 0.3) is 5.89 Å². The Kier molecular flexibility index (Phi) is 5.80. The van der Waals surface area contributed by atoms with Gasteiger partial charge in [-0.25, -0.2) is 0 Å². The smallest absolute Gasteiger partial charge is 0.258 e. The summed E-state index contributed by atoms with van der Waals surface area (Å²) in [5.41, 5.74) is 1.82. The normalized spacial score (nSPS) is 11.0. The van der Waals surface area contributed by atoms with Crippen LogP contribution in [0.25, 0.3) is 22.8 Å². The standard InChI is InChI=1S/C20H23N3O2/c1-3-23(4-2)14-15-24-18-12-10-16(11-13-18)19-21-20(25-22-19)17-8-6-5-7-9-17/h5-13H,3-4,14-15H2,1-2H3. The molecule has 0 bridgehead atoms. The molecule has 0 fully saturated rings. The van der Waals surface area contributed by atoms with E-state index in [1.165, 1.54) is 0 Å². The number of rotatable bonds is 8. The Balaban J connectivity index is 1.62. The number of benzene rings is 2. The number of hydrogen-bond donors (Lipinski definition) is 0. The quantitative estimate of drug-likeness (QED) is 0.619. The first-order valence-corrected chi connectivity index (χ1v) is 8.65. The van der Waals surface area contributed by atoms with Crippen molar-refractivity contribution in [2.75, 3.05) is 26.2 Å². The van der Waals surface area contributed by atoms with E-state index in [-0.39, 0.29) is 0 Å². The molecule has 0 amide bonds. The van der Waals surface area contributed by atoms with Gasteiger partial charge in [0.2, 0.25) is 5.82 Å². The van der Waals surface area contributed by atoms with Gasteiger partial charge in [0.15, 0.2) is 0 Å².